The Labute approximate surface area is 87.5 Å². The van der Waals surface area contributed by atoms with Gasteiger partial charge in [0.15, 0.2) is 0 Å². The Morgan fingerprint density at radius 2 is 2.36 bits per heavy atom. The highest BCUT2D eigenvalue weighted by Gasteiger charge is 2.27. The number of amides is 1. The van der Waals surface area contributed by atoms with Crippen molar-refractivity contribution in [3.8, 4) is 0 Å². The molecule has 1 aliphatic rings. The van der Waals surface area contributed by atoms with Gasteiger partial charge in [-0.3, -0.25) is 4.79 Å². The molecule has 0 aromatic carbocycles. The van der Waals surface area contributed by atoms with Crippen molar-refractivity contribution >= 4 is 22.9 Å². The Morgan fingerprint density at radius 3 is 2.79 bits per heavy atom. The van der Waals surface area contributed by atoms with Crippen LogP contribution in [0.25, 0.3) is 0 Å². The molecule has 0 bridgehead atoms. The normalized spacial score (nSPS) is 16.4. The highest BCUT2D eigenvalue weighted by atomic mass is 32.1. The molecule has 1 aromatic heterocycles. The maximum absolute atomic E-state index is 11.9. The Kier molecular flexibility index (Phi) is 2.46. The summed E-state index contributed by atoms with van der Waals surface area (Å²) in [6.07, 6.45) is 3.50. The third-order valence-electron chi connectivity index (χ3n) is 2.83. The van der Waals surface area contributed by atoms with Crippen molar-refractivity contribution in [2.45, 2.75) is 25.3 Å². The van der Waals surface area contributed by atoms with Crippen LogP contribution < -0.4 is 5.73 Å². The number of nitrogens with zero attached hydrogens (tertiary/aromatic N) is 1. The lowest BCUT2D eigenvalue weighted by Crippen LogP contribution is -2.41. The van der Waals surface area contributed by atoms with Crippen LogP contribution in [-0.2, 0) is 0 Å². The minimum atomic E-state index is 0.0715. The highest BCUT2D eigenvalue weighted by molar-refractivity contribution is 7.12. The predicted octanol–water partition coefficient (Wildman–Crippen LogP) is 1.95. The van der Waals surface area contributed by atoms with Gasteiger partial charge in [-0.05, 0) is 30.7 Å². The van der Waals surface area contributed by atoms with E-state index in [0.717, 1.165) is 12.8 Å². The van der Waals surface area contributed by atoms with Crippen LogP contribution in [0, 0.1) is 0 Å². The van der Waals surface area contributed by atoms with E-state index in [1.807, 2.05) is 17.3 Å². The molecule has 14 heavy (non-hydrogen) atoms. The first kappa shape index (κ1) is 9.52. The number of nitrogens with two attached hydrogens (primary N) is 1. The van der Waals surface area contributed by atoms with Crippen LogP contribution in [0.1, 0.15) is 28.9 Å². The highest BCUT2D eigenvalue weighted by Crippen LogP contribution is 2.27. The second-order valence-electron chi connectivity index (χ2n) is 3.71. The Balaban J connectivity index is 2.11. The predicted molar refractivity (Wildman–Crippen MR) is 58.5 cm³/mol. The van der Waals surface area contributed by atoms with Gasteiger partial charge in [0.25, 0.3) is 5.91 Å². The summed E-state index contributed by atoms with van der Waals surface area (Å²) in [6.45, 7) is 0. The zero-order valence-corrected chi connectivity index (χ0v) is 9.01. The average Bonchev–Trinajstić information content (AvgIpc) is 2.47. The summed E-state index contributed by atoms with van der Waals surface area (Å²) in [5, 5.41) is 1.86. The first-order valence-corrected chi connectivity index (χ1v) is 5.68. The summed E-state index contributed by atoms with van der Waals surface area (Å²) >= 11 is 1.42. The van der Waals surface area contributed by atoms with E-state index in [1.54, 1.807) is 6.07 Å². The first-order valence-electron chi connectivity index (χ1n) is 4.80. The molecule has 3 nitrogen and oxygen atoms in total. The fraction of sp³-hybridized carbons (Fsp3) is 0.500. The fourth-order valence-corrected chi connectivity index (χ4v) is 2.39. The van der Waals surface area contributed by atoms with Crippen LogP contribution in [0.3, 0.4) is 0 Å². The van der Waals surface area contributed by atoms with Crippen molar-refractivity contribution < 1.29 is 4.79 Å². The van der Waals surface area contributed by atoms with E-state index >= 15 is 0 Å². The van der Waals surface area contributed by atoms with E-state index in [4.69, 9.17) is 5.73 Å². The Hall–Kier alpha value is -1.03. The van der Waals surface area contributed by atoms with Gasteiger partial charge in [0.05, 0.1) is 5.69 Å². The van der Waals surface area contributed by atoms with Gasteiger partial charge in [0, 0.05) is 13.1 Å². The Morgan fingerprint density at radius 1 is 1.64 bits per heavy atom. The Bertz CT molecular complexity index is 344. The minimum Gasteiger partial charge on any atom is -0.397 e. The van der Waals surface area contributed by atoms with Crippen LogP contribution in [-0.4, -0.2) is 23.9 Å². The van der Waals surface area contributed by atoms with Crippen LogP contribution >= 0.6 is 11.3 Å². The van der Waals surface area contributed by atoms with Gasteiger partial charge < -0.3 is 10.6 Å². The number of thiophene rings is 1. The number of carbonyl (C=O) groups excluding carboxylic acids is 1. The van der Waals surface area contributed by atoms with Gasteiger partial charge in [-0.1, -0.05) is 0 Å². The van der Waals surface area contributed by atoms with Gasteiger partial charge in [-0.25, -0.2) is 0 Å². The molecule has 0 unspecified atom stereocenters. The summed E-state index contributed by atoms with van der Waals surface area (Å²) in [7, 11) is 1.87. The molecule has 1 heterocycles. The van der Waals surface area contributed by atoms with Gasteiger partial charge in [0.2, 0.25) is 0 Å². The lowest BCUT2D eigenvalue weighted by Gasteiger charge is -2.34. The van der Waals surface area contributed by atoms with Crippen LogP contribution in [0.15, 0.2) is 11.4 Å². The molecule has 2 rings (SSSR count). The van der Waals surface area contributed by atoms with E-state index in [-0.39, 0.29) is 5.91 Å². The minimum absolute atomic E-state index is 0.0715. The maximum Gasteiger partial charge on any atom is 0.266 e. The molecule has 4 heteroatoms. The third kappa shape index (κ3) is 1.50. The smallest absolute Gasteiger partial charge is 0.266 e. The number of rotatable bonds is 2. The summed E-state index contributed by atoms with van der Waals surface area (Å²) < 4.78 is 0. The number of hydrogen-bond donors (Lipinski definition) is 1. The molecule has 0 saturated heterocycles. The number of carbonyl (C=O) groups is 1. The molecule has 76 valence electrons. The van der Waals surface area contributed by atoms with Crippen LogP contribution in [0.5, 0.6) is 0 Å². The fourth-order valence-electron chi connectivity index (χ4n) is 1.59. The van der Waals surface area contributed by atoms with Crippen molar-refractivity contribution in [2.24, 2.45) is 0 Å². The van der Waals surface area contributed by atoms with Gasteiger partial charge in [-0.15, -0.1) is 11.3 Å². The summed E-state index contributed by atoms with van der Waals surface area (Å²) in [6, 6.07) is 2.22. The molecular weight excluding hydrogens is 196 g/mol. The first-order chi connectivity index (χ1) is 6.70. The number of anilines is 1. The quantitative estimate of drug-likeness (QED) is 0.811. The second kappa shape index (κ2) is 3.61. The lowest BCUT2D eigenvalue weighted by atomic mass is 9.92. The van der Waals surface area contributed by atoms with Crippen LogP contribution in [0.2, 0.25) is 0 Å². The van der Waals surface area contributed by atoms with E-state index in [9.17, 15) is 4.79 Å². The topological polar surface area (TPSA) is 46.3 Å². The SMILES string of the molecule is CN(C(=O)c1sccc1N)C1CCC1. The average molecular weight is 210 g/mol. The van der Waals surface area contributed by atoms with Gasteiger partial charge >= 0.3 is 0 Å². The van der Waals surface area contributed by atoms with E-state index in [2.05, 4.69) is 0 Å². The molecular formula is C10H14N2OS. The second-order valence-corrected chi connectivity index (χ2v) is 4.62. The zero-order valence-electron chi connectivity index (χ0n) is 8.19. The van der Waals surface area contributed by atoms with Crippen molar-refractivity contribution in [2.75, 3.05) is 12.8 Å². The summed E-state index contributed by atoms with van der Waals surface area (Å²) in [5.41, 5.74) is 6.30. The van der Waals surface area contributed by atoms with E-state index in [1.165, 1.54) is 17.8 Å². The molecule has 1 fully saturated rings. The molecule has 1 saturated carbocycles. The summed E-state index contributed by atoms with van der Waals surface area (Å²) in [5.74, 6) is 0.0715. The van der Waals surface area contributed by atoms with Crippen molar-refractivity contribution in [3.63, 3.8) is 0 Å². The van der Waals surface area contributed by atoms with Crippen molar-refractivity contribution in [3.05, 3.63) is 16.3 Å². The van der Waals surface area contributed by atoms with Crippen molar-refractivity contribution in [1.29, 1.82) is 0 Å². The third-order valence-corrected chi connectivity index (χ3v) is 3.75. The zero-order chi connectivity index (χ0) is 10.1. The standard InChI is InChI=1S/C10H14N2OS/c1-12(7-3-2-4-7)10(13)9-8(11)5-6-14-9/h5-7H,2-4,11H2,1H3. The van der Waals surface area contributed by atoms with E-state index in [0.29, 0.717) is 16.6 Å². The monoisotopic (exact) mass is 210 g/mol. The molecule has 0 atom stereocenters. The van der Waals surface area contributed by atoms with Gasteiger partial charge in [0.1, 0.15) is 4.88 Å². The molecule has 1 aromatic rings. The number of hydrogen-bond acceptors (Lipinski definition) is 3. The van der Waals surface area contributed by atoms with Gasteiger partial charge in [-0.2, -0.15) is 0 Å². The molecule has 0 radical (unpaired) electrons. The molecule has 0 aliphatic heterocycles. The number of nitrogen functional groups attached to an aromatic ring is 1. The molecule has 1 aliphatic carbocycles. The van der Waals surface area contributed by atoms with Crippen molar-refractivity contribution in [1.82, 2.24) is 4.90 Å². The molecule has 2 N–H and O–H groups in total. The molecule has 0 spiro atoms. The van der Waals surface area contributed by atoms with Crippen LogP contribution in [0.4, 0.5) is 5.69 Å². The largest absolute Gasteiger partial charge is 0.397 e. The summed E-state index contributed by atoms with van der Waals surface area (Å²) in [4.78, 5) is 14.4. The van der Waals surface area contributed by atoms with E-state index < -0.39 is 0 Å². The molecule has 1 amide bonds. The lowest BCUT2D eigenvalue weighted by molar-refractivity contribution is 0.0658. The maximum atomic E-state index is 11.9.